The Hall–Kier alpha value is -0.670. The zero-order valence-electron chi connectivity index (χ0n) is 8.84. The predicted molar refractivity (Wildman–Crippen MR) is 64.9 cm³/mol. The second-order valence-electron chi connectivity index (χ2n) is 3.33. The highest BCUT2D eigenvalue weighted by molar-refractivity contribution is 7.99. The van der Waals surface area contributed by atoms with Gasteiger partial charge in [0.25, 0.3) is 0 Å². The fraction of sp³-hybridized carbons (Fsp3) is 0.455. The summed E-state index contributed by atoms with van der Waals surface area (Å²) >= 11 is 1.88. The topological polar surface area (TPSA) is 38.0 Å². The molecular formula is C11H18N2S. The lowest BCUT2D eigenvalue weighted by molar-refractivity contribution is 0.778. The van der Waals surface area contributed by atoms with Crippen molar-refractivity contribution in [3.05, 3.63) is 23.8 Å². The van der Waals surface area contributed by atoms with Gasteiger partial charge in [-0.25, -0.2) is 0 Å². The van der Waals surface area contributed by atoms with Crippen molar-refractivity contribution in [3.8, 4) is 0 Å². The Bertz CT molecular complexity index is 287. The maximum atomic E-state index is 5.73. The van der Waals surface area contributed by atoms with Crippen molar-refractivity contribution in [1.82, 2.24) is 5.32 Å². The molecule has 3 N–H and O–H groups in total. The quantitative estimate of drug-likeness (QED) is 0.445. The molecule has 1 rings (SSSR count). The largest absolute Gasteiger partial charge is 0.399 e. The van der Waals surface area contributed by atoms with Crippen molar-refractivity contribution in [2.24, 2.45) is 0 Å². The van der Waals surface area contributed by atoms with E-state index in [4.69, 9.17) is 5.73 Å². The smallest absolute Gasteiger partial charge is 0.0325 e. The average molecular weight is 210 g/mol. The number of nitrogens with two attached hydrogens (primary N) is 1. The highest BCUT2D eigenvalue weighted by Crippen LogP contribution is 2.24. The number of anilines is 1. The molecule has 14 heavy (non-hydrogen) atoms. The van der Waals surface area contributed by atoms with Gasteiger partial charge in [-0.15, -0.1) is 11.8 Å². The van der Waals surface area contributed by atoms with Crippen LogP contribution in [0.4, 0.5) is 5.69 Å². The molecule has 0 aromatic heterocycles. The van der Waals surface area contributed by atoms with Crippen LogP contribution in [0.1, 0.15) is 12.0 Å². The molecular weight excluding hydrogens is 192 g/mol. The van der Waals surface area contributed by atoms with E-state index in [0.717, 1.165) is 18.0 Å². The number of nitrogens with one attached hydrogen (secondary N) is 1. The minimum absolute atomic E-state index is 0.853. The minimum Gasteiger partial charge on any atom is -0.399 e. The van der Waals surface area contributed by atoms with Crippen LogP contribution in [-0.2, 0) is 0 Å². The lowest BCUT2D eigenvalue weighted by Crippen LogP contribution is -2.08. The van der Waals surface area contributed by atoms with Crippen molar-refractivity contribution in [3.63, 3.8) is 0 Å². The molecule has 1 aromatic carbocycles. The fourth-order valence-electron chi connectivity index (χ4n) is 1.20. The third kappa shape index (κ3) is 3.60. The van der Waals surface area contributed by atoms with Gasteiger partial charge in [-0.3, -0.25) is 0 Å². The molecule has 0 aliphatic rings. The highest BCUT2D eigenvalue weighted by atomic mass is 32.2. The van der Waals surface area contributed by atoms with Crippen LogP contribution < -0.4 is 11.1 Å². The number of nitrogen functional groups attached to an aromatic ring is 1. The second kappa shape index (κ2) is 5.94. The molecule has 0 saturated heterocycles. The van der Waals surface area contributed by atoms with Gasteiger partial charge in [0.1, 0.15) is 0 Å². The Morgan fingerprint density at radius 3 is 2.93 bits per heavy atom. The van der Waals surface area contributed by atoms with Crippen LogP contribution in [-0.4, -0.2) is 19.3 Å². The summed E-state index contributed by atoms with van der Waals surface area (Å²) in [5.41, 5.74) is 7.90. The predicted octanol–water partition coefficient (Wildman–Crippen LogP) is 2.28. The molecule has 0 amide bonds. The van der Waals surface area contributed by atoms with Gasteiger partial charge < -0.3 is 11.1 Å². The van der Waals surface area contributed by atoms with Crippen LogP contribution in [0.3, 0.4) is 0 Å². The summed E-state index contributed by atoms with van der Waals surface area (Å²) in [7, 11) is 1.98. The van der Waals surface area contributed by atoms with E-state index in [1.165, 1.54) is 16.9 Å². The molecule has 3 heteroatoms. The monoisotopic (exact) mass is 210 g/mol. The maximum Gasteiger partial charge on any atom is 0.0325 e. The summed E-state index contributed by atoms with van der Waals surface area (Å²) < 4.78 is 0. The van der Waals surface area contributed by atoms with Crippen LogP contribution in [0.15, 0.2) is 23.1 Å². The first-order valence-corrected chi connectivity index (χ1v) is 5.86. The lowest BCUT2D eigenvalue weighted by atomic mass is 10.2. The third-order valence-corrected chi connectivity index (χ3v) is 3.28. The van der Waals surface area contributed by atoms with E-state index < -0.39 is 0 Å². The van der Waals surface area contributed by atoms with Crippen LogP contribution in [0.2, 0.25) is 0 Å². The molecule has 0 spiro atoms. The molecule has 0 aliphatic heterocycles. The fourth-order valence-corrected chi connectivity index (χ4v) is 2.23. The maximum absolute atomic E-state index is 5.73. The van der Waals surface area contributed by atoms with Crippen LogP contribution in [0, 0.1) is 6.92 Å². The minimum atomic E-state index is 0.853. The SMILES string of the molecule is CNCCCSc1cc(N)ccc1C. The van der Waals surface area contributed by atoms with Gasteiger partial charge in [0.15, 0.2) is 0 Å². The Balaban J connectivity index is 2.45. The molecule has 0 fully saturated rings. The van der Waals surface area contributed by atoms with Gasteiger partial charge in [-0.05, 0) is 50.4 Å². The molecule has 0 atom stereocenters. The molecule has 0 heterocycles. The van der Waals surface area contributed by atoms with Crippen LogP contribution >= 0.6 is 11.8 Å². The first kappa shape index (κ1) is 11.4. The second-order valence-corrected chi connectivity index (χ2v) is 4.47. The molecule has 1 aromatic rings. The van der Waals surface area contributed by atoms with Gasteiger partial charge in [0.05, 0.1) is 0 Å². The van der Waals surface area contributed by atoms with Gasteiger partial charge in [0, 0.05) is 10.6 Å². The van der Waals surface area contributed by atoms with Crippen molar-refractivity contribution in [2.45, 2.75) is 18.2 Å². The van der Waals surface area contributed by atoms with Gasteiger partial charge in [-0.2, -0.15) is 0 Å². The van der Waals surface area contributed by atoms with Gasteiger partial charge >= 0.3 is 0 Å². The van der Waals surface area contributed by atoms with Crippen molar-refractivity contribution >= 4 is 17.4 Å². The van der Waals surface area contributed by atoms with E-state index in [1.807, 2.05) is 24.9 Å². The van der Waals surface area contributed by atoms with Gasteiger partial charge in [-0.1, -0.05) is 6.07 Å². The Kier molecular flexibility index (Phi) is 4.84. The molecule has 0 aliphatic carbocycles. The van der Waals surface area contributed by atoms with Crippen molar-refractivity contribution < 1.29 is 0 Å². The highest BCUT2D eigenvalue weighted by Gasteiger charge is 1.99. The molecule has 2 nitrogen and oxygen atoms in total. The summed E-state index contributed by atoms with van der Waals surface area (Å²) in [5, 5.41) is 3.14. The van der Waals surface area contributed by atoms with Crippen molar-refractivity contribution in [1.29, 1.82) is 0 Å². The molecule has 78 valence electrons. The van der Waals surface area contributed by atoms with Crippen LogP contribution in [0.25, 0.3) is 0 Å². The van der Waals surface area contributed by atoms with Gasteiger partial charge in [0.2, 0.25) is 0 Å². The van der Waals surface area contributed by atoms with Crippen molar-refractivity contribution in [2.75, 3.05) is 25.1 Å². The number of aryl methyl sites for hydroxylation is 1. The first-order valence-electron chi connectivity index (χ1n) is 4.87. The Labute approximate surface area is 90.3 Å². The molecule has 0 radical (unpaired) electrons. The Morgan fingerprint density at radius 1 is 1.43 bits per heavy atom. The number of thioether (sulfide) groups is 1. The number of hydrogen-bond acceptors (Lipinski definition) is 3. The third-order valence-electron chi connectivity index (χ3n) is 2.04. The molecule has 0 saturated carbocycles. The normalized spacial score (nSPS) is 10.4. The van der Waals surface area contributed by atoms with E-state index in [0.29, 0.717) is 0 Å². The van der Waals surface area contributed by atoms with Crippen LogP contribution in [0.5, 0.6) is 0 Å². The van der Waals surface area contributed by atoms with E-state index >= 15 is 0 Å². The van der Waals surface area contributed by atoms with E-state index in [9.17, 15) is 0 Å². The molecule has 0 bridgehead atoms. The zero-order valence-corrected chi connectivity index (χ0v) is 9.66. The summed E-state index contributed by atoms with van der Waals surface area (Å²) in [4.78, 5) is 1.31. The zero-order chi connectivity index (χ0) is 10.4. The molecule has 0 unspecified atom stereocenters. The lowest BCUT2D eigenvalue weighted by Gasteiger charge is -2.06. The van der Waals surface area contributed by atoms with E-state index in [1.54, 1.807) is 0 Å². The number of benzene rings is 1. The summed E-state index contributed by atoms with van der Waals surface area (Å²) in [6, 6.07) is 6.09. The number of hydrogen-bond donors (Lipinski definition) is 2. The standard InChI is InChI=1S/C11H18N2S/c1-9-4-5-10(12)8-11(9)14-7-3-6-13-2/h4-5,8,13H,3,6-7,12H2,1-2H3. The number of rotatable bonds is 5. The van der Waals surface area contributed by atoms with E-state index in [-0.39, 0.29) is 0 Å². The first-order chi connectivity index (χ1) is 6.74. The summed E-state index contributed by atoms with van der Waals surface area (Å²) in [5.74, 6) is 1.14. The summed E-state index contributed by atoms with van der Waals surface area (Å²) in [6.07, 6.45) is 1.19. The Morgan fingerprint density at radius 2 is 2.21 bits per heavy atom. The average Bonchev–Trinajstić information content (AvgIpc) is 2.18. The summed E-state index contributed by atoms with van der Waals surface area (Å²) in [6.45, 7) is 3.20. The van der Waals surface area contributed by atoms with E-state index in [2.05, 4.69) is 24.4 Å².